The lowest BCUT2D eigenvalue weighted by molar-refractivity contribution is -0.131. The van der Waals surface area contributed by atoms with Gasteiger partial charge in [-0.3, -0.25) is 9.59 Å². The van der Waals surface area contributed by atoms with Crippen molar-refractivity contribution in [2.75, 3.05) is 13.2 Å². The minimum Gasteiger partial charge on any atom is -0.503 e. The van der Waals surface area contributed by atoms with Crippen LogP contribution in [0, 0.1) is 5.82 Å². The molecule has 0 saturated carbocycles. The van der Waals surface area contributed by atoms with Crippen molar-refractivity contribution in [1.29, 1.82) is 0 Å². The van der Waals surface area contributed by atoms with Crippen LogP contribution in [0.25, 0.3) is 0 Å². The van der Waals surface area contributed by atoms with Gasteiger partial charge in [0.2, 0.25) is 5.78 Å². The summed E-state index contributed by atoms with van der Waals surface area (Å²) in [5, 5.41) is 10.5. The van der Waals surface area contributed by atoms with Gasteiger partial charge in [0.25, 0.3) is 5.91 Å². The highest BCUT2D eigenvalue weighted by Gasteiger charge is 2.45. The van der Waals surface area contributed by atoms with Gasteiger partial charge in [0.15, 0.2) is 11.5 Å². The van der Waals surface area contributed by atoms with Crippen molar-refractivity contribution in [2.45, 2.75) is 25.0 Å². The molecule has 4 rings (SSSR count). The van der Waals surface area contributed by atoms with Crippen LogP contribution in [0.15, 0.2) is 58.4 Å². The molecule has 2 atom stereocenters. The molecule has 1 aromatic heterocycles. The van der Waals surface area contributed by atoms with E-state index in [0.717, 1.165) is 12.8 Å². The number of aliphatic hydroxyl groups is 1. The Morgan fingerprint density at radius 1 is 1.30 bits per heavy atom. The van der Waals surface area contributed by atoms with Gasteiger partial charge in [0.05, 0.1) is 24.0 Å². The maximum absolute atomic E-state index is 13.8. The predicted molar refractivity (Wildman–Crippen MR) is 92.5 cm³/mol. The van der Waals surface area contributed by atoms with E-state index < -0.39 is 29.3 Å². The molecule has 0 unspecified atom stereocenters. The van der Waals surface area contributed by atoms with Crippen molar-refractivity contribution in [2.24, 2.45) is 0 Å². The number of aliphatic hydroxyl groups excluding tert-OH is 1. The maximum Gasteiger partial charge on any atom is 0.290 e. The zero-order chi connectivity index (χ0) is 19.0. The molecule has 1 amide bonds. The molecule has 0 bridgehead atoms. The third-order valence-corrected chi connectivity index (χ3v) is 4.88. The van der Waals surface area contributed by atoms with Gasteiger partial charge in [-0.1, -0.05) is 12.1 Å². The number of benzene rings is 1. The first-order valence-corrected chi connectivity index (χ1v) is 8.75. The minimum absolute atomic E-state index is 0.00437. The average Bonchev–Trinajstić information content (AvgIpc) is 3.40. The number of furan rings is 1. The fourth-order valence-electron chi connectivity index (χ4n) is 3.65. The molecule has 1 aromatic carbocycles. The standard InChI is InChI=1S/C20H18FNO5/c21-13-5-1-4-12(10-13)17-16(18(23)15-7-3-9-27-15)19(24)20(25)22(17)11-14-6-2-8-26-14/h1,3-5,7,9-10,14,17,24H,2,6,8,11H2/t14-,17+/m0/s1. The van der Waals surface area contributed by atoms with Crippen molar-refractivity contribution in [3.8, 4) is 0 Å². The highest BCUT2D eigenvalue weighted by atomic mass is 19.1. The molecule has 140 valence electrons. The van der Waals surface area contributed by atoms with Crippen LogP contribution in [0.4, 0.5) is 4.39 Å². The van der Waals surface area contributed by atoms with Crippen LogP contribution in [0.3, 0.4) is 0 Å². The predicted octanol–water partition coefficient (Wildman–Crippen LogP) is 3.18. The largest absolute Gasteiger partial charge is 0.503 e. The molecular weight excluding hydrogens is 353 g/mol. The Labute approximate surface area is 154 Å². The second-order valence-electron chi connectivity index (χ2n) is 6.62. The number of rotatable bonds is 5. The zero-order valence-electron chi connectivity index (χ0n) is 14.4. The summed E-state index contributed by atoms with van der Waals surface area (Å²) in [5.41, 5.74) is 0.291. The van der Waals surface area contributed by atoms with E-state index in [0.29, 0.717) is 12.2 Å². The topological polar surface area (TPSA) is 80.0 Å². The fraction of sp³-hybridized carbons (Fsp3) is 0.300. The van der Waals surface area contributed by atoms with E-state index in [4.69, 9.17) is 9.15 Å². The number of Topliss-reactive ketones (excluding diaryl/α,β-unsaturated/α-hetero) is 1. The first-order valence-electron chi connectivity index (χ1n) is 8.75. The van der Waals surface area contributed by atoms with Crippen molar-refractivity contribution in [1.82, 2.24) is 4.90 Å². The molecule has 3 heterocycles. The van der Waals surface area contributed by atoms with Crippen LogP contribution in [-0.4, -0.2) is 41.0 Å². The SMILES string of the molecule is O=C(C1=C(O)C(=O)N(C[C@@H]2CCCO2)[C@@H]1c1cccc(F)c1)c1ccco1. The van der Waals surface area contributed by atoms with E-state index >= 15 is 0 Å². The van der Waals surface area contributed by atoms with E-state index in [1.807, 2.05) is 0 Å². The summed E-state index contributed by atoms with van der Waals surface area (Å²) in [4.78, 5) is 27.0. The van der Waals surface area contributed by atoms with Crippen molar-refractivity contribution in [3.05, 3.63) is 71.1 Å². The van der Waals surface area contributed by atoms with E-state index in [9.17, 15) is 19.1 Å². The number of hydrogen-bond acceptors (Lipinski definition) is 5. The zero-order valence-corrected chi connectivity index (χ0v) is 14.4. The summed E-state index contributed by atoms with van der Waals surface area (Å²) < 4.78 is 24.6. The summed E-state index contributed by atoms with van der Waals surface area (Å²) >= 11 is 0. The van der Waals surface area contributed by atoms with E-state index in [1.54, 1.807) is 12.1 Å². The lowest BCUT2D eigenvalue weighted by Crippen LogP contribution is -2.37. The molecule has 6 nitrogen and oxygen atoms in total. The Kier molecular flexibility index (Phi) is 4.53. The molecule has 1 saturated heterocycles. The van der Waals surface area contributed by atoms with Gasteiger partial charge < -0.3 is 19.2 Å². The molecular formula is C20H18FNO5. The number of nitrogens with zero attached hydrogens (tertiary/aromatic N) is 1. The number of halogens is 1. The molecule has 2 aliphatic rings. The number of carbonyl (C=O) groups excluding carboxylic acids is 2. The highest BCUT2D eigenvalue weighted by molar-refractivity contribution is 6.15. The number of ether oxygens (including phenoxy) is 1. The number of carbonyl (C=O) groups is 2. The van der Waals surface area contributed by atoms with E-state index in [-0.39, 0.29) is 24.0 Å². The third kappa shape index (κ3) is 3.14. The Morgan fingerprint density at radius 3 is 2.81 bits per heavy atom. The quantitative estimate of drug-likeness (QED) is 0.817. The summed E-state index contributed by atoms with van der Waals surface area (Å²) in [7, 11) is 0. The number of ketones is 1. The highest BCUT2D eigenvalue weighted by Crippen LogP contribution is 2.39. The second kappa shape index (κ2) is 7.00. The van der Waals surface area contributed by atoms with Gasteiger partial charge in [0, 0.05) is 13.2 Å². The third-order valence-electron chi connectivity index (χ3n) is 4.88. The van der Waals surface area contributed by atoms with Crippen molar-refractivity contribution >= 4 is 11.7 Å². The van der Waals surface area contributed by atoms with Gasteiger partial charge in [-0.2, -0.15) is 0 Å². The van der Waals surface area contributed by atoms with Gasteiger partial charge in [-0.25, -0.2) is 4.39 Å². The van der Waals surface area contributed by atoms with Crippen LogP contribution in [-0.2, 0) is 9.53 Å². The average molecular weight is 371 g/mol. The Morgan fingerprint density at radius 2 is 2.15 bits per heavy atom. The summed E-state index contributed by atoms with van der Waals surface area (Å²) in [6.45, 7) is 0.813. The number of hydrogen-bond donors (Lipinski definition) is 1. The summed E-state index contributed by atoms with van der Waals surface area (Å²) in [6.07, 6.45) is 2.82. The first-order chi connectivity index (χ1) is 13.1. The maximum atomic E-state index is 13.8. The van der Waals surface area contributed by atoms with Crippen LogP contribution in [0.2, 0.25) is 0 Å². The molecule has 0 aliphatic carbocycles. The normalized spacial score (nSPS) is 22.7. The lowest BCUT2D eigenvalue weighted by Gasteiger charge is -2.28. The molecule has 2 aromatic rings. The van der Waals surface area contributed by atoms with E-state index in [2.05, 4.69) is 0 Å². The van der Waals surface area contributed by atoms with Gasteiger partial charge in [-0.05, 0) is 42.7 Å². The first kappa shape index (κ1) is 17.5. The van der Waals surface area contributed by atoms with Crippen LogP contribution >= 0.6 is 0 Å². The lowest BCUT2D eigenvalue weighted by atomic mass is 9.95. The monoisotopic (exact) mass is 371 g/mol. The van der Waals surface area contributed by atoms with Crippen LogP contribution in [0.5, 0.6) is 0 Å². The Balaban J connectivity index is 1.76. The Hall–Kier alpha value is -2.93. The minimum atomic E-state index is -0.907. The van der Waals surface area contributed by atoms with E-state index in [1.165, 1.54) is 35.4 Å². The van der Waals surface area contributed by atoms with Crippen LogP contribution in [0.1, 0.15) is 35.0 Å². The molecule has 0 radical (unpaired) electrons. The van der Waals surface area contributed by atoms with Gasteiger partial charge in [0.1, 0.15) is 5.82 Å². The molecule has 1 N–H and O–H groups in total. The van der Waals surface area contributed by atoms with Gasteiger partial charge >= 0.3 is 0 Å². The van der Waals surface area contributed by atoms with Crippen molar-refractivity contribution in [3.63, 3.8) is 0 Å². The summed E-state index contributed by atoms with van der Waals surface area (Å²) in [5.74, 6) is -2.40. The van der Waals surface area contributed by atoms with Crippen molar-refractivity contribution < 1.29 is 28.2 Å². The molecule has 1 fully saturated rings. The molecule has 27 heavy (non-hydrogen) atoms. The van der Waals surface area contributed by atoms with Gasteiger partial charge in [-0.15, -0.1) is 0 Å². The summed E-state index contributed by atoms with van der Waals surface area (Å²) in [6, 6.07) is 7.76. The fourth-order valence-corrected chi connectivity index (χ4v) is 3.65. The smallest absolute Gasteiger partial charge is 0.290 e. The molecule has 7 heteroatoms. The number of amides is 1. The Bertz CT molecular complexity index is 899. The molecule has 2 aliphatic heterocycles. The molecule has 0 spiro atoms. The van der Waals surface area contributed by atoms with Crippen LogP contribution < -0.4 is 0 Å². The second-order valence-corrected chi connectivity index (χ2v) is 6.62.